The maximum Gasteiger partial charge on any atom is 0.340 e. The first kappa shape index (κ1) is 16.4. The lowest BCUT2D eigenvalue weighted by Crippen LogP contribution is -2.08. The van der Waals surface area contributed by atoms with Crippen LogP contribution in [0.25, 0.3) is 22.0 Å². The minimum Gasteiger partial charge on any atom is -0.495 e. The number of carboxylic acid groups (broad SMARTS) is 1. The third-order valence-corrected chi connectivity index (χ3v) is 4.50. The van der Waals surface area contributed by atoms with Gasteiger partial charge in [0, 0.05) is 17.0 Å². The average Bonchev–Trinajstić information content (AvgIpc) is 2.57. The van der Waals surface area contributed by atoms with Gasteiger partial charge in [-0.3, -0.25) is 0 Å². The molecule has 1 aromatic heterocycles. The van der Waals surface area contributed by atoms with E-state index in [9.17, 15) is 9.90 Å². The molecule has 122 valence electrons. The number of methoxy groups -OCH3 is 1. The van der Waals surface area contributed by atoms with E-state index in [1.54, 1.807) is 30.3 Å². The fourth-order valence-electron chi connectivity index (χ4n) is 2.61. The van der Waals surface area contributed by atoms with Gasteiger partial charge in [0.1, 0.15) is 22.2 Å². The van der Waals surface area contributed by atoms with Crippen LogP contribution in [0.3, 0.4) is 0 Å². The van der Waals surface area contributed by atoms with E-state index in [-0.39, 0.29) is 21.4 Å². The Balaban J connectivity index is 2.56. The van der Waals surface area contributed by atoms with Gasteiger partial charge in [-0.1, -0.05) is 53.5 Å². The molecule has 3 N–H and O–H groups in total. The number of benzene rings is 2. The molecule has 5 nitrogen and oxygen atoms in total. The molecule has 0 saturated carbocycles. The zero-order valence-electron chi connectivity index (χ0n) is 12.5. The van der Waals surface area contributed by atoms with Crippen LogP contribution in [0.15, 0.2) is 36.4 Å². The van der Waals surface area contributed by atoms with E-state index in [4.69, 9.17) is 33.7 Å². The first-order chi connectivity index (χ1) is 11.5. The number of rotatable bonds is 3. The van der Waals surface area contributed by atoms with Crippen LogP contribution in [0, 0.1) is 0 Å². The molecule has 0 amide bonds. The molecule has 2 aromatic carbocycles. The number of nitrogens with two attached hydrogens (primary N) is 1. The number of hydrogen-bond acceptors (Lipinski definition) is 4. The number of carbonyl (C=O) groups is 1. The molecule has 0 bridgehead atoms. The maximum absolute atomic E-state index is 11.8. The van der Waals surface area contributed by atoms with Gasteiger partial charge >= 0.3 is 5.97 Å². The van der Waals surface area contributed by atoms with Crippen LogP contribution >= 0.6 is 23.2 Å². The standard InChI is InChI=1S/C17H12Cl2N2O3/c1-24-10-7-9-12(15(19)14(10)18)11(8-5-3-2-4-6-8)13(17(22)23)16(20)21-9/h2-7H,1H3,(H2,20,21)(H,22,23). The second-order valence-corrected chi connectivity index (χ2v) is 5.78. The highest BCUT2D eigenvalue weighted by Gasteiger charge is 2.24. The fourth-order valence-corrected chi connectivity index (χ4v) is 3.12. The third kappa shape index (κ3) is 2.52. The van der Waals surface area contributed by atoms with Gasteiger partial charge in [-0.2, -0.15) is 0 Å². The molecular formula is C17H12Cl2N2O3. The Morgan fingerprint density at radius 2 is 1.88 bits per heavy atom. The van der Waals surface area contributed by atoms with Crippen LogP contribution in [-0.4, -0.2) is 23.2 Å². The molecule has 7 heteroatoms. The van der Waals surface area contributed by atoms with Crippen molar-refractivity contribution in [1.29, 1.82) is 0 Å². The first-order valence-electron chi connectivity index (χ1n) is 6.89. The summed E-state index contributed by atoms with van der Waals surface area (Å²) >= 11 is 12.6. The zero-order chi connectivity index (χ0) is 17.4. The number of nitrogen functional groups attached to an aromatic ring is 1. The van der Waals surface area contributed by atoms with Gasteiger partial charge in [0.2, 0.25) is 0 Å². The van der Waals surface area contributed by atoms with Crippen molar-refractivity contribution in [3.05, 3.63) is 52.0 Å². The number of hydrogen-bond donors (Lipinski definition) is 2. The summed E-state index contributed by atoms with van der Waals surface area (Å²) in [7, 11) is 1.45. The minimum absolute atomic E-state index is 0.103. The Kier molecular flexibility index (Phi) is 4.22. The lowest BCUT2D eigenvalue weighted by molar-refractivity contribution is 0.0698. The molecule has 0 unspecified atom stereocenters. The third-order valence-electron chi connectivity index (χ3n) is 3.65. The highest BCUT2D eigenvalue weighted by atomic mass is 35.5. The van der Waals surface area contributed by atoms with Crippen molar-refractivity contribution in [1.82, 2.24) is 4.98 Å². The van der Waals surface area contributed by atoms with Gasteiger partial charge in [0.15, 0.2) is 0 Å². The summed E-state index contributed by atoms with van der Waals surface area (Å²) in [6.45, 7) is 0. The maximum atomic E-state index is 11.8. The summed E-state index contributed by atoms with van der Waals surface area (Å²) < 4.78 is 5.18. The number of pyridine rings is 1. The number of halogens is 2. The van der Waals surface area contributed by atoms with Gasteiger partial charge in [-0.15, -0.1) is 0 Å². The predicted octanol–water partition coefficient (Wildman–Crippen LogP) is 4.50. The molecule has 0 aliphatic carbocycles. The Morgan fingerprint density at radius 1 is 1.21 bits per heavy atom. The predicted molar refractivity (Wildman–Crippen MR) is 95.1 cm³/mol. The lowest BCUT2D eigenvalue weighted by atomic mass is 9.95. The molecule has 0 aliphatic heterocycles. The molecule has 0 aliphatic rings. The summed E-state index contributed by atoms with van der Waals surface area (Å²) in [6.07, 6.45) is 0. The number of aromatic nitrogens is 1. The van der Waals surface area contributed by atoms with Crippen LogP contribution in [0.5, 0.6) is 5.75 Å². The molecule has 0 fully saturated rings. The van der Waals surface area contributed by atoms with E-state index < -0.39 is 5.97 Å². The number of aromatic carboxylic acids is 1. The molecule has 0 radical (unpaired) electrons. The van der Waals surface area contributed by atoms with E-state index in [1.807, 2.05) is 6.07 Å². The number of fused-ring (bicyclic) bond motifs is 1. The smallest absolute Gasteiger partial charge is 0.340 e. The number of anilines is 1. The summed E-state index contributed by atoms with van der Waals surface area (Å²) in [5.41, 5.74) is 7.21. The monoisotopic (exact) mass is 362 g/mol. The summed E-state index contributed by atoms with van der Waals surface area (Å²) in [4.78, 5) is 15.9. The van der Waals surface area contributed by atoms with Gasteiger partial charge in [0.05, 0.1) is 17.6 Å². The Morgan fingerprint density at radius 3 is 2.46 bits per heavy atom. The van der Waals surface area contributed by atoms with Gasteiger partial charge in [-0.25, -0.2) is 9.78 Å². The van der Waals surface area contributed by atoms with Crippen molar-refractivity contribution in [3.63, 3.8) is 0 Å². The topological polar surface area (TPSA) is 85.4 Å². The molecule has 3 rings (SSSR count). The van der Waals surface area contributed by atoms with Crippen LogP contribution in [-0.2, 0) is 0 Å². The van der Waals surface area contributed by atoms with Gasteiger partial charge < -0.3 is 15.6 Å². The second-order valence-electron chi connectivity index (χ2n) is 5.02. The molecule has 3 aromatic rings. The van der Waals surface area contributed by atoms with Crippen molar-refractivity contribution in [2.24, 2.45) is 0 Å². The quantitative estimate of drug-likeness (QED) is 0.716. The number of ether oxygens (including phenoxy) is 1. The van der Waals surface area contributed by atoms with Crippen molar-refractivity contribution in [2.75, 3.05) is 12.8 Å². The Labute approximate surface area is 147 Å². The summed E-state index contributed by atoms with van der Waals surface area (Å²) in [5.74, 6) is -0.957. The number of nitrogens with zero attached hydrogens (tertiary/aromatic N) is 1. The average molecular weight is 363 g/mol. The van der Waals surface area contributed by atoms with E-state index in [1.165, 1.54) is 7.11 Å². The number of carboxylic acids is 1. The minimum atomic E-state index is -1.19. The van der Waals surface area contributed by atoms with Crippen LogP contribution < -0.4 is 10.5 Å². The first-order valence-corrected chi connectivity index (χ1v) is 7.65. The SMILES string of the molecule is COc1cc2nc(N)c(C(=O)O)c(-c3ccccc3)c2c(Cl)c1Cl. The van der Waals surface area contributed by atoms with Crippen molar-refractivity contribution in [3.8, 4) is 16.9 Å². The lowest BCUT2D eigenvalue weighted by Gasteiger charge is -2.16. The van der Waals surface area contributed by atoms with Crippen molar-refractivity contribution >= 4 is 45.9 Å². The zero-order valence-corrected chi connectivity index (χ0v) is 14.0. The van der Waals surface area contributed by atoms with E-state index in [2.05, 4.69) is 4.98 Å². The highest BCUT2D eigenvalue weighted by molar-refractivity contribution is 6.47. The molecular weight excluding hydrogens is 351 g/mol. The second kappa shape index (κ2) is 6.19. The molecule has 0 saturated heterocycles. The summed E-state index contributed by atoms with van der Waals surface area (Å²) in [6, 6.07) is 10.5. The van der Waals surface area contributed by atoms with E-state index >= 15 is 0 Å². The van der Waals surface area contributed by atoms with Gasteiger partial charge in [0.25, 0.3) is 0 Å². The molecule has 0 spiro atoms. The summed E-state index contributed by atoms with van der Waals surface area (Å²) in [5, 5.41) is 10.4. The molecule has 0 atom stereocenters. The Bertz CT molecular complexity index is 959. The van der Waals surface area contributed by atoms with E-state index in [0.717, 1.165) is 0 Å². The molecule has 24 heavy (non-hydrogen) atoms. The highest BCUT2D eigenvalue weighted by Crippen LogP contribution is 2.44. The molecule has 1 heterocycles. The van der Waals surface area contributed by atoms with Crippen molar-refractivity contribution < 1.29 is 14.6 Å². The normalized spacial score (nSPS) is 10.8. The van der Waals surface area contributed by atoms with Crippen LogP contribution in [0.4, 0.5) is 5.82 Å². The fraction of sp³-hybridized carbons (Fsp3) is 0.0588. The van der Waals surface area contributed by atoms with Gasteiger partial charge in [-0.05, 0) is 5.56 Å². The Hall–Kier alpha value is -2.50. The largest absolute Gasteiger partial charge is 0.495 e. The van der Waals surface area contributed by atoms with Crippen molar-refractivity contribution in [2.45, 2.75) is 0 Å². The van der Waals surface area contributed by atoms with E-state index in [0.29, 0.717) is 27.8 Å². The van der Waals surface area contributed by atoms with Crippen LogP contribution in [0.2, 0.25) is 10.0 Å². The van der Waals surface area contributed by atoms with Crippen LogP contribution in [0.1, 0.15) is 10.4 Å².